The molecule has 38 heavy (non-hydrogen) atoms. The quantitative estimate of drug-likeness (QED) is 0.193. The van der Waals surface area contributed by atoms with Crippen molar-refractivity contribution in [3.8, 4) is 0 Å². The number of methoxy groups -OCH3 is 1. The first kappa shape index (κ1) is 31.5. The van der Waals surface area contributed by atoms with E-state index in [1.54, 1.807) is 7.11 Å². The highest BCUT2D eigenvalue weighted by atomic mass is 16.6. The van der Waals surface area contributed by atoms with Crippen LogP contribution in [0.3, 0.4) is 0 Å². The number of ether oxygens (including phenoxy) is 4. The predicted molar refractivity (Wildman–Crippen MR) is 140 cm³/mol. The first-order valence-corrected chi connectivity index (χ1v) is 13.2. The van der Waals surface area contributed by atoms with E-state index in [4.69, 9.17) is 18.9 Å². The number of amides is 3. The second-order valence-corrected chi connectivity index (χ2v) is 9.71. The Morgan fingerprint density at radius 1 is 0.921 bits per heavy atom. The Bertz CT molecular complexity index is 835. The molecule has 11 heteroatoms. The fourth-order valence-corrected chi connectivity index (χ4v) is 3.63. The van der Waals surface area contributed by atoms with E-state index in [0.29, 0.717) is 32.8 Å². The van der Waals surface area contributed by atoms with Crippen LogP contribution in [0.5, 0.6) is 0 Å². The van der Waals surface area contributed by atoms with Gasteiger partial charge in [-0.2, -0.15) is 0 Å². The second-order valence-electron chi connectivity index (χ2n) is 9.71. The van der Waals surface area contributed by atoms with Crippen LogP contribution in [0.1, 0.15) is 38.7 Å². The summed E-state index contributed by atoms with van der Waals surface area (Å²) in [5, 5.41) is 19.0. The number of carbonyl (C=O) groups excluding carboxylic acids is 3. The molecule has 1 aromatic rings. The van der Waals surface area contributed by atoms with Crippen LogP contribution in [0, 0.1) is 5.92 Å². The molecule has 3 unspecified atom stereocenters. The molecule has 3 atom stereocenters. The van der Waals surface area contributed by atoms with Crippen LogP contribution < -0.4 is 16.0 Å². The largest absolute Gasteiger partial charge is 0.447 e. The van der Waals surface area contributed by atoms with Gasteiger partial charge >= 0.3 is 6.09 Å². The molecule has 0 radical (unpaired) electrons. The van der Waals surface area contributed by atoms with E-state index in [9.17, 15) is 19.5 Å². The smallest absolute Gasteiger partial charge is 0.407 e. The van der Waals surface area contributed by atoms with Gasteiger partial charge in [-0.05, 0) is 37.2 Å². The summed E-state index contributed by atoms with van der Waals surface area (Å²) in [4.78, 5) is 38.2. The highest BCUT2D eigenvalue weighted by molar-refractivity contribution is 5.87. The first-order valence-electron chi connectivity index (χ1n) is 13.2. The lowest BCUT2D eigenvalue weighted by Crippen LogP contribution is -2.56. The fraction of sp³-hybridized carbons (Fsp3) is 0.667. The lowest BCUT2D eigenvalue weighted by Gasteiger charge is -2.27. The average Bonchev–Trinajstić information content (AvgIpc) is 3.70. The third-order valence-corrected chi connectivity index (χ3v) is 5.78. The number of hydrogen-bond donors (Lipinski definition) is 4. The van der Waals surface area contributed by atoms with E-state index in [1.165, 1.54) is 0 Å². The summed E-state index contributed by atoms with van der Waals surface area (Å²) in [7, 11) is 1.60. The van der Waals surface area contributed by atoms with Gasteiger partial charge in [0.05, 0.1) is 39.1 Å². The molecule has 11 nitrogen and oxygen atoms in total. The van der Waals surface area contributed by atoms with Gasteiger partial charge in [0.2, 0.25) is 5.91 Å². The van der Waals surface area contributed by atoms with Crippen LogP contribution in [0.4, 0.5) is 4.79 Å². The van der Waals surface area contributed by atoms with Crippen molar-refractivity contribution >= 4 is 17.9 Å². The molecule has 0 spiro atoms. The van der Waals surface area contributed by atoms with Gasteiger partial charge in [-0.25, -0.2) is 4.79 Å². The molecule has 3 amide bonds. The van der Waals surface area contributed by atoms with Crippen LogP contribution >= 0.6 is 0 Å². The molecular formula is C27H43N3O8. The van der Waals surface area contributed by atoms with Gasteiger partial charge < -0.3 is 40.0 Å². The van der Waals surface area contributed by atoms with E-state index >= 15 is 0 Å². The number of aliphatic hydroxyl groups excluding tert-OH is 1. The van der Waals surface area contributed by atoms with E-state index in [1.807, 2.05) is 44.2 Å². The number of rotatable bonds is 19. The lowest BCUT2D eigenvalue weighted by molar-refractivity contribution is -0.132. The third-order valence-electron chi connectivity index (χ3n) is 5.78. The number of nitrogens with one attached hydrogen (secondary N) is 3. The van der Waals surface area contributed by atoms with Gasteiger partial charge in [-0.15, -0.1) is 0 Å². The van der Waals surface area contributed by atoms with Gasteiger partial charge in [-0.3, -0.25) is 9.59 Å². The number of hydrogen-bond acceptors (Lipinski definition) is 8. The summed E-state index contributed by atoms with van der Waals surface area (Å²) in [5.74, 6) is -0.937. The average molecular weight is 538 g/mol. The molecule has 4 N–H and O–H groups in total. The minimum absolute atomic E-state index is 0.0105. The highest BCUT2D eigenvalue weighted by Crippen LogP contribution is 2.19. The maximum absolute atomic E-state index is 13.2. The molecule has 0 aromatic heterocycles. The molecule has 0 bridgehead atoms. The van der Waals surface area contributed by atoms with Crippen LogP contribution in [0.2, 0.25) is 0 Å². The monoisotopic (exact) mass is 537 g/mol. The first-order chi connectivity index (χ1) is 18.3. The van der Waals surface area contributed by atoms with Crippen molar-refractivity contribution in [3.63, 3.8) is 0 Å². The molecule has 1 aromatic carbocycles. The number of benzene rings is 1. The molecular weight excluding hydrogens is 494 g/mol. The summed E-state index contributed by atoms with van der Waals surface area (Å²) >= 11 is 0. The molecule has 0 aliphatic heterocycles. The fourth-order valence-electron chi connectivity index (χ4n) is 3.63. The van der Waals surface area contributed by atoms with Crippen molar-refractivity contribution in [2.24, 2.45) is 5.92 Å². The van der Waals surface area contributed by atoms with Crippen molar-refractivity contribution in [3.05, 3.63) is 35.9 Å². The molecule has 2 rings (SSSR count). The number of carbonyl (C=O) groups is 3. The van der Waals surface area contributed by atoms with Gasteiger partial charge in [0.25, 0.3) is 5.91 Å². The van der Waals surface area contributed by atoms with Crippen LogP contribution in [0.25, 0.3) is 0 Å². The number of aliphatic hydroxyl groups is 1. The summed E-state index contributed by atoms with van der Waals surface area (Å²) in [6, 6.07) is 7.57. The summed E-state index contributed by atoms with van der Waals surface area (Å²) < 4.78 is 20.7. The van der Waals surface area contributed by atoms with Crippen molar-refractivity contribution in [1.29, 1.82) is 0 Å². The maximum Gasteiger partial charge on any atom is 0.407 e. The molecule has 1 aliphatic rings. The number of alkyl carbamates (subject to hydrolysis) is 1. The molecule has 1 saturated carbocycles. The van der Waals surface area contributed by atoms with Gasteiger partial charge in [0, 0.05) is 13.2 Å². The zero-order valence-corrected chi connectivity index (χ0v) is 22.6. The normalized spacial score (nSPS) is 15.4. The molecule has 0 saturated heterocycles. The van der Waals surface area contributed by atoms with Crippen molar-refractivity contribution in [2.75, 3.05) is 46.8 Å². The Kier molecular flexibility index (Phi) is 14.7. The van der Waals surface area contributed by atoms with Gasteiger partial charge in [0.15, 0.2) is 6.10 Å². The summed E-state index contributed by atoms with van der Waals surface area (Å²) in [6.45, 7) is 5.79. The van der Waals surface area contributed by atoms with E-state index < -0.39 is 36.1 Å². The maximum atomic E-state index is 13.2. The van der Waals surface area contributed by atoms with Crippen molar-refractivity contribution in [1.82, 2.24) is 16.0 Å². The van der Waals surface area contributed by atoms with Crippen LogP contribution in [0.15, 0.2) is 30.3 Å². The zero-order chi connectivity index (χ0) is 27.8. The topological polar surface area (TPSA) is 144 Å². The standard InChI is InChI=1S/C27H43N3O8/c1-19(2)17-23(30-27(34)38-16-15-37-14-13-36-12-11-35-3)25(32)29-22(18-20-7-5-4-6-8-20)24(31)26(33)28-21-9-10-21/h4-8,19,21-24,31H,9-18H2,1-3H3,(H,28,33)(H,29,32)(H,30,34). The van der Waals surface area contributed by atoms with E-state index in [-0.39, 0.29) is 31.6 Å². The van der Waals surface area contributed by atoms with Crippen molar-refractivity contribution in [2.45, 2.75) is 63.8 Å². The molecule has 0 heterocycles. The Morgan fingerprint density at radius 2 is 1.55 bits per heavy atom. The molecule has 214 valence electrons. The Balaban J connectivity index is 1.89. The van der Waals surface area contributed by atoms with E-state index in [2.05, 4.69) is 16.0 Å². The Morgan fingerprint density at radius 3 is 2.16 bits per heavy atom. The minimum atomic E-state index is -1.44. The van der Waals surface area contributed by atoms with E-state index in [0.717, 1.165) is 18.4 Å². The summed E-state index contributed by atoms with van der Waals surface area (Å²) in [6.07, 6.45) is 0.156. The third kappa shape index (κ3) is 13.2. The van der Waals surface area contributed by atoms with Gasteiger partial charge in [0.1, 0.15) is 12.6 Å². The Hall–Kier alpha value is -2.73. The predicted octanol–water partition coefficient (Wildman–Crippen LogP) is 1.17. The lowest BCUT2D eigenvalue weighted by atomic mass is 9.98. The van der Waals surface area contributed by atoms with Crippen molar-refractivity contribution < 1.29 is 38.4 Å². The summed E-state index contributed by atoms with van der Waals surface area (Å²) in [5.41, 5.74) is 0.855. The highest BCUT2D eigenvalue weighted by Gasteiger charge is 2.34. The second kappa shape index (κ2) is 17.7. The molecule has 1 fully saturated rings. The molecule has 1 aliphatic carbocycles. The van der Waals surface area contributed by atoms with Gasteiger partial charge in [-0.1, -0.05) is 44.2 Å². The van der Waals surface area contributed by atoms with Crippen LogP contribution in [-0.4, -0.2) is 94.0 Å². The SMILES string of the molecule is COCCOCCOCCOC(=O)NC(CC(C)C)C(=O)NC(Cc1ccccc1)C(O)C(=O)NC1CC1. The van der Waals surface area contributed by atoms with Crippen LogP contribution in [-0.2, 0) is 35.0 Å². The zero-order valence-electron chi connectivity index (χ0n) is 22.6. The Labute approximate surface area is 224 Å². The minimum Gasteiger partial charge on any atom is -0.447 e.